The molecular weight excluding hydrogens is 579 g/mol. The summed E-state index contributed by atoms with van der Waals surface area (Å²) in [5.41, 5.74) is 13.6. The first-order chi connectivity index (χ1) is 23.6. The number of anilines is 3. The average Bonchev–Trinajstić information content (AvgIpc) is 3.38. The van der Waals surface area contributed by atoms with Gasteiger partial charge in [0.1, 0.15) is 0 Å². The van der Waals surface area contributed by atoms with E-state index in [4.69, 9.17) is 0 Å². The Balaban J connectivity index is 1.24. The molecular formula is C47H35N. The van der Waals surface area contributed by atoms with Crippen LogP contribution in [0.15, 0.2) is 176 Å². The third-order valence-electron chi connectivity index (χ3n) is 10.2. The summed E-state index contributed by atoms with van der Waals surface area (Å²) in [5, 5.41) is 5.04. The van der Waals surface area contributed by atoms with Gasteiger partial charge >= 0.3 is 0 Å². The number of hydrogen-bond donors (Lipinski definition) is 0. The van der Waals surface area contributed by atoms with Crippen molar-refractivity contribution in [3.05, 3.63) is 187 Å². The van der Waals surface area contributed by atoms with Crippen molar-refractivity contribution in [1.82, 2.24) is 0 Å². The van der Waals surface area contributed by atoms with Gasteiger partial charge in [0.05, 0.1) is 5.69 Å². The van der Waals surface area contributed by atoms with Crippen LogP contribution in [0.2, 0.25) is 0 Å². The molecule has 0 heterocycles. The Bertz CT molecular complexity index is 2470. The fraction of sp³-hybridized carbons (Fsp3) is 0.0638. The Kier molecular flexibility index (Phi) is 6.55. The number of benzene rings is 8. The Labute approximate surface area is 282 Å². The van der Waals surface area contributed by atoms with Gasteiger partial charge in [-0.2, -0.15) is 0 Å². The van der Waals surface area contributed by atoms with Crippen molar-refractivity contribution in [2.45, 2.75) is 19.3 Å². The molecule has 0 unspecified atom stereocenters. The van der Waals surface area contributed by atoms with Crippen LogP contribution in [0.5, 0.6) is 0 Å². The summed E-state index contributed by atoms with van der Waals surface area (Å²) >= 11 is 0. The van der Waals surface area contributed by atoms with Gasteiger partial charge in [-0.05, 0) is 96.4 Å². The molecule has 0 aromatic heterocycles. The van der Waals surface area contributed by atoms with Gasteiger partial charge in [-0.25, -0.2) is 0 Å². The van der Waals surface area contributed by atoms with Gasteiger partial charge in [-0.3, -0.25) is 0 Å². The molecule has 0 bridgehead atoms. The smallest absolute Gasteiger partial charge is 0.0508 e. The lowest BCUT2D eigenvalue weighted by Crippen LogP contribution is -2.20. The Morgan fingerprint density at radius 1 is 0.396 bits per heavy atom. The molecule has 1 aliphatic carbocycles. The van der Waals surface area contributed by atoms with Gasteiger partial charge < -0.3 is 4.90 Å². The minimum atomic E-state index is -0.156. The highest BCUT2D eigenvalue weighted by molar-refractivity contribution is 5.99. The lowest BCUT2D eigenvalue weighted by molar-refractivity contribution is 0.661. The van der Waals surface area contributed by atoms with Crippen LogP contribution in [0.25, 0.3) is 54.9 Å². The van der Waals surface area contributed by atoms with Crippen molar-refractivity contribution in [1.29, 1.82) is 0 Å². The molecule has 0 fully saturated rings. The van der Waals surface area contributed by atoms with Gasteiger partial charge in [-0.1, -0.05) is 159 Å². The maximum absolute atomic E-state index is 2.47. The standard InChI is InChI=1S/C47H35N/c1-47(2)44-25-8-7-21-42(44)43-24-12-26-45(46(43)47)48(36-29-27-34(28-30-36)40-22-10-15-32-13-3-5-19-38(32)40)37-18-9-17-35(31-37)41-23-11-16-33-14-4-6-20-39(33)41/h3-31H,1-2H3. The Morgan fingerprint density at radius 2 is 0.938 bits per heavy atom. The van der Waals surface area contributed by atoms with E-state index in [1.54, 1.807) is 0 Å². The maximum Gasteiger partial charge on any atom is 0.0508 e. The van der Waals surface area contributed by atoms with Crippen molar-refractivity contribution in [2.24, 2.45) is 0 Å². The summed E-state index contributed by atoms with van der Waals surface area (Å²) in [4.78, 5) is 2.47. The molecule has 0 N–H and O–H groups in total. The highest BCUT2D eigenvalue weighted by Gasteiger charge is 2.38. The second kappa shape index (κ2) is 11.1. The monoisotopic (exact) mass is 613 g/mol. The first-order valence-corrected chi connectivity index (χ1v) is 16.8. The summed E-state index contributed by atoms with van der Waals surface area (Å²) in [6.45, 7) is 4.74. The van der Waals surface area contributed by atoms with Crippen LogP contribution in [-0.2, 0) is 5.41 Å². The van der Waals surface area contributed by atoms with Crippen LogP contribution in [-0.4, -0.2) is 0 Å². The van der Waals surface area contributed by atoms with Crippen molar-refractivity contribution in [3.63, 3.8) is 0 Å². The topological polar surface area (TPSA) is 3.24 Å². The van der Waals surface area contributed by atoms with E-state index in [1.807, 2.05) is 0 Å². The zero-order valence-corrected chi connectivity index (χ0v) is 27.2. The van der Waals surface area contributed by atoms with Crippen LogP contribution in [0.4, 0.5) is 17.1 Å². The average molecular weight is 614 g/mol. The van der Waals surface area contributed by atoms with Crippen molar-refractivity contribution >= 4 is 38.6 Å². The summed E-state index contributed by atoms with van der Waals surface area (Å²) in [6.07, 6.45) is 0. The van der Waals surface area contributed by atoms with E-state index in [2.05, 4.69) is 195 Å². The predicted molar refractivity (Wildman–Crippen MR) is 205 cm³/mol. The molecule has 1 nitrogen and oxygen atoms in total. The third kappa shape index (κ3) is 4.47. The molecule has 8 aromatic carbocycles. The number of rotatable bonds is 5. The SMILES string of the molecule is CC1(C)c2ccccc2-c2cccc(N(c3ccc(-c4cccc5ccccc45)cc3)c3cccc(-c4cccc5ccccc45)c3)c21. The molecule has 9 rings (SSSR count). The lowest BCUT2D eigenvalue weighted by atomic mass is 9.81. The molecule has 1 aliphatic rings. The van der Waals surface area contributed by atoms with E-state index in [0.717, 1.165) is 11.4 Å². The number of nitrogens with zero attached hydrogens (tertiary/aromatic N) is 1. The summed E-state index contributed by atoms with van der Waals surface area (Å²) in [6, 6.07) is 64.4. The van der Waals surface area contributed by atoms with Crippen LogP contribution >= 0.6 is 0 Å². The van der Waals surface area contributed by atoms with Crippen LogP contribution < -0.4 is 4.90 Å². The van der Waals surface area contributed by atoms with Crippen molar-refractivity contribution < 1.29 is 0 Å². The molecule has 0 radical (unpaired) electrons. The highest BCUT2D eigenvalue weighted by atomic mass is 15.1. The quantitative estimate of drug-likeness (QED) is 0.187. The van der Waals surface area contributed by atoms with E-state index in [0.29, 0.717) is 0 Å². The fourth-order valence-electron chi connectivity index (χ4n) is 7.99. The van der Waals surface area contributed by atoms with E-state index < -0.39 is 0 Å². The minimum absolute atomic E-state index is 0.156. The summed E-state index contributed by atoms with van der Waals surface area (Å²) in [5.74, 6) is 0. The Morgan fingerprint density at radius 3 is 1.67 bits per heavy atom. The maximum atomic E-state index is 2.47. The van der Waals surface area contributed by atoms with E-state index in [-0.39, 0.29) is 5.41 Å². The molecule has 1 heteroatoms. The first-order valence-electron chi connectivity index (χ1n) is 16.8. The zero-order chi connectivity index (χ0) is 32.2. The van der Waals surface area contributed by atoms with E-state index in [1.165, 1.54) is 71.7 Å². The number of fused-ring (bicyclic) bond motifs is 5. The molecule has 8 aromatic rings. The molecule has 228 valence electrons. The van der Waals surface area contributed by atoms with Crippen LogP contribution in [0.1, 0.15) is 25.0 Å². The van der Waals surface area contributed by atoms with Crippen LogP contribution in [0, 0.1) is 0 Å². The minimum Gasteiger partial charge on any atom is -0.310 e. The second-order valence-electron chi connectivity index (χ2n) is 13.4. The molecule has 0 spiro atoms. The van der Waals surface area contributed by atoms with Gasteiger partial charge in [0, 0.05) is 16.8 Å². The number of hydrogen-bond acceptors (Lipinski definition) is 1. The van der Waals surface area contributed by atoms with E-state index >= 15 is 0 Å². The van der Waals surface area contributed by atoms with Gasteiger partial charge in [0.25, 0.3) is 0 Å². The largest absolute Gasteiger partial charge is 0.310 e. The third-order valence-corrected chi connectivity index (χ3v) is 10.2. The van der Waals surface area contributed by atoms with Crippen molar-refractivity contribution in [2.75, 3.05) is 4.90 Å². The van der Waals surface area contributed by atoms with Gasteiger partial charge in [0.15, 0.2) is 0 Å². The van der Waals surface area contributed by atoms with Crippen LogP contribution in [0.3, 0.4) is 0 Å². The summed E-state index contributed by atoms with van der Waals surface area (Å²) < 4.78 is 0. The predicted octanol–water partition coefficient (Wildman–Crippen LogP) is 13.1. The molecule has 0 amide bonds. The Hall–Kier alpha value is -5.92. The second-order valence-corrected chi connectivity index (χ2v) is 13.4. The first kappa shape index (κ1) is 28.3. The van der Waals surface area contributed by atoms with Gasteiger partial charge in [-0.15, -0.1) is 0 Å². The van der Waals surface area contributed by atoms with Gasteiger partial charge in [0.2, 0.25) is 0 Å². The normalized spacial score (nSPS) is 13.0. The zero-order valence-electron chi connectivity index (χ0n) is 27.2. The molecule has 48 heavy (non-hydrogen) atoms. The van der Waals surface area contributed by atoms with Crippen molar-refractivity contribution in [3.8, 4) is 33.4 Å². The highest BCUT2D eigenvalue weighted by Crippen LogP contribution is 2.54. The fourth-order valence-corrected chi connectivity index (χ4v) is 7.99. The molecule has 0 saturated carbocycles. The van der Waals surface area contributed by atoms with E-state index in [9.17, 15) is 0 Å². The lowest BCUT2D eigenvalue weighted by Gasteiger charge is -2.32. The molecule has 0 atom stereocenters. The summed E-state index contributed by atoms with van der Waals surface area (Å²) in [7, 11) is 0. The molecule has 0 saturated heterocycles. The molecule has 0 aliphatic heterocycles.